The Morgan fingerprint density at radius 3 is 2.93 bits per heavy atom. The van der Waals surface area contributed by atoms with E-state index >= 15 is 0 Å². The van der Waals surface area contributed by atoms with E-state index in [4.69, 9.17) is 9.31 Å². The molecule has 0 amide bonds. The first-order chi connectivity index (χ1) is 7.12. The fraction of sp³-hybridized carbons (Fsp3) is 1.00. The van der Waals surface area contributed by atoms with Crippen LogP contribution in [0.2, 0.25) is 6.82 Å². The van der Waals surface area contributed by atoms with Gasteiger partial charge in [-0.05, 0) is 50.8 Å². The smallest absolute Gasteiger partial charge is 0.405 e. The third kappa shape index (κ3) is 0.716. The summed E-state index contributed by atoms with van der Waals surface area (Å²) >= 11 is 0. The van der Waals surface area contributed by atoms with Crippen molar-refractivity contribution < 1.29 is 9.31 Å². The maximum absolute atomic E-state index is 6.11. The highest BCUT2D eigenvalue weighted by atomic mass is 16.7. The Labute approximate surface area is 91.8 Å². The Kier molecular flexibility index (Phi) is 1.39. The molecule has 4 fully saturated rings. The van der Waals surface area contributed by atoms with Crippen LogP contribution >= 0.6 is 0 Å². The normalized spacial score (nSPS) is 64.6. The van der Waals surface area contributed by atoms with Crippen LogP contribution in [0.25, 0.3) is 0 Å². The Balaban J connectivity index is 1.80. The van der Waals surface area contributed by atoms with Crippen molar-refractivity contribution >= 4 is 7.12 Å². The van der Waals surface area contributed by atoms with Gasteiger partial charge in [-0.2, -0.15) is 0 Å². The largest absolute Gasteiger partial charge is 0.454 e. The highest BCUT2D eigenvalue weighted by Gasteiger charge is 2.80. The van der Waals surface area contributed by atoms with Gasteiger partial charge < -0.3 is 9.31 Å². The standard InChI is InChI=1S/C12H19BO2/c1-4-12-6-7-5-8(9(7)12)11(2)10(12)14-13(3)15-11/h7-10H,4-6H2,1-3H3/t7?,8?,9-,10?,11-,12?/m0/s1. The molecule has 0 radical (unpaired) electrons. The molecular formula is C12H19BO2. The molecule has 4 aliphatic rings. The van der Waals surface area contributed by atoms with Crippen molar-refractivity contribution in [3.63, 3.8) is 0 Å². The number of hydrogen-bond acceptors (Lipinski definition) is 2. The summed E-state index contributed by atoms with van der Waals surface area (Å²) in [6, 6.07) is 0. The Morgan fingerprint density at radius 2 is 2.27 bits per heavy atom. The van der Waals surface area contributed by atoms with Crippen LogP contribution in [0.1, 0.15) is 33.1 Å². The molecule has 15 heavy (non-hydrogen) atoms. The highest BCUT2D eigenvalue weighted by Crippen LogP contribution is 2.78. The van der Waals surface area contributed by atoms with Gasteiger partial charge >= 0.3 is 7.12 Å². The molecule has 1 aliphatic heterocycles. The third-order valence-electron chi connectivity index (χ3n) is 5.99. The van der Waals surface area contributed by atoms with Crippen molar-refractivity contribution in [3.05, 3.63) is 0 Å². The molecule has 0 aromatic heterocycles. The molecule has 3 saturated carbocycles. The van der Waals surface area contributed by atoms with E-state index in [0.717, 1.165) is 17.8 Å². The average molecular weight is 206 g/mol. The van der Waals surface area contributed by atoms with Gasteiger partial charge in [0.05, 0.1) is 11.7 Å². The maximum atomic E-state index is 6.11. The molecule has 0 bridgehead atoms. The Morgan fingerprint density at radius 1 is 1.47 bits per heavy atom. The van der Waals surface area contributed by atoms with E-state index in [1.54, 1.807) is 0 Å². The Hall–Kier alpha value is -0.0151. The van der Waals surface area contributed by atoms with E-state index in [2.05, 4.69) is 20.7 Å². The van der Waals surface area contributed by atoms with Crippen LogP contribution in [-0.4, -0.2) is 18.8 Å². The summed E-state index contributed by atoms with van der Waals surface area (Å²) in [5, 5.41) is 0. The zero-order chi connectivity index (χ0) is 10.4. The van der Waals surface area contributed by atoms with Crippen molar-refractivity contribution in [1.82, 2.24) is 0 Å². The molecule has 0 aromatic rings. The molecule has 3 aliphatic carbocycles. The summed E-state index contributed by atoms with van der Waals surface area (Å²) in [7, 11) is 0.0176. The van der Waals surface area contributed by atoms with Gasteiger partial charge in [-0.15, -0.1) is 0 Å². The number of hydrogen-bond donors (Lipinski definition) is 0. The summed E-state index contributed by atoms with van der Waals surface area (Å²) < 4.78 is 12.2. The molecule has 0 N–H and O–H groups in total. The molecule has 1 heterocycles. The van der Waals surface area contributed by atoms with Crippen molar-refractivity contribution in [2.75, 3.05) is 0 Å². The van der Waals surface area contributed by atoms with Crippen LogP contribution in [0, 0.1) is 23.2 Å². The van der Waals surface area contributed by atoms with E-state index in [-0.39, 0.29) is 12.7 Å². The van der Waals surface area contributed by atoms with Gasteiger partial charge in [0.2, 0.25) is 0 Å². The lowest BCUT2D eigenvalue weighted by atomic mass is 9.43. The lowest BCUT2D eigenvalue weighted by Crippen LogP contribution is -2.57. The van der Waals surface area contributed by atoms with E-state index in [9.17, 15) is 0 Å². The molecule has 6 atom stereocenters. The summed E-state index contributed by atoms with van der Waals surface area (Å²) in [5.74, 6) is 2.75. The maximum Gasteiger partial charge on any atom is 0.454 e. The quantitative estimate of drug-likeness (QED) is 0.613. The molecule has 0 aromatic carbocycles. The van der Waals surface area contributed by atoms with Gasteiger partial charge in [-0.1, -0.05) is 6.92 Å². The Bertz CT molecular complexity index is 332. The minimum atomic E-state index is 0.0176. The van der Waals surface area contributed by atoms with E-state index in [1.807, 2.05) is 0 Å². The first-order valence-corrected chi connectivity index (χ1v) is 6.45. The number of fused-ring (bicyclic) bond motifs is 3. The van der Waals surface area contributed by atoms with Crippen molar-refractivity contribution in [3.8, 4) is 0 Å². The minimum Gasteiger partial charge on any atom is -0.405 e. The van der Waals surface area contributed by atoms with Crippen LogP contribution in [0.4, 0.5) is 0 Å². The molecule has 4 rings (SSSR count). The van der Waals surface area contributed by atoms with Crippen molar-refractivity contribution in [2.45, 2.75) is 51.6 Å². The molecule has 0 spiro atoms. The zero-order valence-corrected chi connectivity index (χ0v) is 9.82. The van der Waals surface area contributed by atoms with Crippen LogP contribution in [0.3, 0.4) is 0 Å². The second-order valence-corrected chi connectivity index (χ2v) is 6.30. The lowest BCUT2D eigenvalue weighted by Gasteiger charge is -2.62. The van der Waals surface area contributed by atoms with E-state index < -0.39 is 0 Å². The van der Waals surface area contributed by atoms with E-state index in [1.165, 1.54) is 19.3 Å². The molecule has 1 saturated heterocycles. The predicted molar refractivity (Wildman–Crippen MR) is 58.4 cm³/mol. The highest BCUT2D eigenvalue weighted by molar-refractivity contribution is 6.43. The average Bonchev–Trinajstić information content (AvgIpc) is 2.46. The van der Waals surface area contributed by atoms with E-state index in [0.29, 0.717) is 11.5 Å². The zero-order valence-electron chi connectivity index (χ0n) is 9.82. The van der Waals surface area contributed by atoms with Crippen LogP contribution in [0.5, 0.6) is 0 Å². The van der Waals surface area contributed by atoms with Crippen LogP contribution < -0.4 is 0 Å². The number of rotatable bonds is 1. The predicted octanol–water partition coefficient (Wildman–Crippen LogP) is 2.34. The second-order valence-electron chi connectivity index (χ2n) is 6.30. The van der Waals surface area contributed by atoms with Gasteiger partial charge in [-0.3, -0.25) is 0 Å². The molecule has 82 valence electrons. The molecular weight excluding hydrogens is 187 g/mol. The SMILES string of the molecule is CCC12CC3CC([C@H]31)[C@]1(C)OB(C)OC21. The first-order valence-electron chi connectivity index (χ1n) is 6.45. The molecule has 4 unspecified atom stereocenters. The lowest BCUT2D eigenvalue weighted by molar-refractivity contribution is -0.154. The van der Waals surface area contributed by atoms with Gasteiger partial charge in [0.15, 0.2) is 0 Å². The molecule has 2 nitrogen and oxygen atoms in total. The summed E-state index contributed by atoms with van der Waals surface area (Å²) in [6.45, 7) is 6.69. The summed E-state index contributed by atoms with van der Waals surface area (Å²) in [4.78, 5) is 0. The monoisotopic (exact) mass is 206 g/mol. The van der Waals surface area contributed by atoms with Gasteiger partial charge in [-0.25, -0.2) is 0 Å². The van der Waals surface area contributed by atoms with Gasteiger partial charge in [0.1, 0.15) is 0 Å². The summed E-state index contributed by atoms with van der Waals surface area (Å²) in [5.41, 5.74) is 0.542. The molecule has 3 heteroatoms. The van der Waals surface area contributed by atoms with Crippen LogP contribution in [0.15, 0.2) is 0 Å². The topological polar surface area (TPSA) is 18.5 Å². The van der Waals surface area contributed by atoms with Gasteiger partial charge in [0, 0.05) is 5.41 Å². The third-order valence-corrected chi connectivity index (χ3v) is 5.99. The second kappa shape index (κ2) is 2.30. The van der Waals surface area contributed by atoms with Gasteiger partial charge in [0.25, 0.3) is 0 Å². The minimum absolute atomic E-state index is 0.0176. The van der Waals surface area contributed by atoms with Crippen molar-refractivity contribution in [2.24, 2.45) is 23.2 Å². The van der Waals surface area contributed by atoms with Crippen molar-refractivity contribution in [1.29, 1.82) is 0 Å². The van der Waals surface area contributed by atoms with Crippen LogP contribution in [-0.2, 0) is 9.31 Å². The fourth-order valence-corrected chi connectivity index (χ4v) is 5.50. The summed E-state index contributed by atoms with van der Waals surface area (Å²) in [6.07, 6.45) is 4.47. The fourth-order valence-electron chi connectivity index (χ4n) is 5.50. The first kappa shape index (κ1) is 9.06.